The largest absolute Gasteiger partial charge is 0.393 e. The minimum absolute atomic E-state index is 0.0139. The molecule has 116 valence electrons. The molecule has 1 unspecified atom stereocenters. The zero-order valence-corrected chi connectivity index (χ0v) is 14.8. The van der Waals surface area contributed by atoms with Gasteiger partial charge in [0.15, 0.2) is 0 Å². The van der Waals surface area contributed by atoms with Gasteiger partial charge in [-0.1, -0.05) is 69.4 Å². The molecule has 0 heterocycles. The molecular weight excluding hydrogens is 276 g/mol. The number of hydrogen-bond donors (Lipinski definition) is 2. The Kier molecular flexibility index (Phi) is 3.22. The van der Waals surface area contributed by atoms with E-state index in [0.29, 0.717) is 5.92 Å². The van der Waals surface area contributed by atoms with E-state index in [9.17, 15) is 10.2 Å². The molecule has 3 rings (SSSR count). The molecule has 2 saturated carbocycles. The Morgan fingerprint density at radius 3 is 2.24 bits per heavy atom. The smallest absolute Gasteiger partial charge is 0.0904 e. The van der Waals surface area contributed by atoms with Crippen molar-refractivity contribution < 1.29 is 10.2 Å². The fourth-order valence-electron chi connectivity index (χ4n) is 5.76. The quantitative estimate of drug-likeness (QED) is 0.825. The van der Waals surface area contributed by atoms with Crippen LogP contribution in [0.1, 0.15) is 27.2 Å². The fraction of sp³-hybridized carbons (Fsp3) is 0.667. The van der Waals surface area contributed by atoms with Crippen LogP contribution in [0, 0.1) is 17.3 Å². The first-order valence-corrected chi connectivity index (χ1v) is 11.1. The molecule has 1 aromatic rings. The second-order valence-corrected chi connectivity index (χ2v) is 12.9. The maximum Gasteiger partial charge on any atom is 0.0904 e. The molecule has 2 nitrogen and oxygen atoms in total. The molecule has 21 heavy (non-hydrogen) atoms. The van der Waals surface area contributed by atoms with Crippen LogP contribution in [-0.2, 0) is 0 Å². The number of aliphatic hydroxyl groups is 2. The molecular formula is C18H28O2Si. The standard InChI is InChI=1S/C18H28O2Si/c1-12-14(19)11-15-17(2,3)18(15,16(12)20)21(4,5)13-9-7-6-8-10-13/h6-10,12,14-16,19-20H,11H2,1-5H3/t12-,14-,15?,16+,18+/m0/s1. The summed E-state index contributed by atoms with van der Waals surface area (Å²) in [6, 6.07) is 10.7. The van der Waals surface area contributed by atoms with E-state index in [4.69, 9.17) is 0 Å². The van der Waals surface area contributed by atoms with Crippen LogP contribution in [0.2, 0.25) is 18.1 Å². The Labute approximate surface area is 129 Å². The van der Waals surface area contributed by atoms with E-state index in [-0.39, 0.29) is 22.5 Å². The van der Waals surface area contributed by atoms with Crippen LogP contribution < -0.4 is 5.19 Å². The minimum atomic E-state index is -1.86. The minimum Gasteiger partial charge on any atom is -0.393 e. The predicted octanol–water partition coefficient (Wildman–Crippen LogP) is 2.76. The number of rotatable bonds is 2. The van der Waals surface area contributed by atoms with Gasteiger partial charge in [0.25, 0.3) is 0 Å². The lowest BCUT2D eigenvalue weighted by molar-refractivity contribution is -0.0193. The Hall–Kier alpha value is -0.643. The van der Waals surface area contributed by atoms with Crippen molar-refractivity contribution in [1.29, 1.82) is 0 Å². The summed E-state index contributed by atoms with van der Waals surface area (Å²) in [7, 11) is -1.86. The third kappa shape index (κ3) is 1.66. The Balaban J connectivity index is 2.11. The van der Waals surface area contributed by atoms with Gasteiger partial charge in [0.05, 0.1) is 20.3 Å². The van der Waals surface area contributed by atoms with Gasteiger partial charge in [0, 0.05) is 11.0 Å². The highest BCUT2D eigenvalue weighted by molar-refractivity contribution is 6.93. The Morgan fingerprint density at radius 2 is 1.67 bits per heavy atom. The van der Waals surface area contributed by atoms with Gasteiger partial charge in [-0.05, 0) is 17.8 Å². The van der Waals surface area contributed by atoms with Crippen LogP contribution in [0.4, 0.5) is 0 Å². The van der Waals surface area contributed by atoms with Crippen LogP contribution in [0.3, 0.4) is 0 Å². The molecule has 0 saturated heterocycles. The van der Waals surface area contributed by atoms with Crippen LogP contribution in [0.5, 0.6) is 0 Å². The summed E-state index contributed by atoms with van der Waals surface area (Å²) < 4.78 is 0. The molecule has 3 heteroatoms. The van der Waals surface area contributed by atoms with E-state index < -0.39 is 14.2 Å². The summed E-state index contributed by atoms with van der Waals surface area (Å²) in [5, 5.41) is 22.8. The number of benzene rings is 1. The van der Waals surface area contributed by atoms with Crippen LogP contribution in [0.25, 0.3) is 0 Å². The predicted molar refractivity (Wildman–Crippen MR) is 89.3 cm³/mol. The highest BCUT2D eigenvalue weighted by Crippen LogP contribution is 2.84. The van der Waals surface area contributed by atoms with Crippen molar-refractivity contribution >= 4 is 13.3 Å². The third-order valence-corrected chi connectivity index (χ3v) is 12.1. The first-order chi connectivity index (χ1) is 9.69. The van der Waals surface area contributed by atoms with Crippen molar-refractivity contribution in [3.8, 4) is 0 Å². The molecule has 2 aliphatic rings. The molecule has 0 spiro atoms. The van der Waals surface area contributed by atoms with Crippen molar-refractivity contribution in [2.75, 3.05) is 0 Å². The molecule has 0 aliphatic heterocycles. The highest BCUT2D eigenvalue weighted by atomic mass is 28.3. The van der Waals surface area contributed by atoms with Gasteiger partial charge < -0.3 is 10.2 Å². The Morgan fingerprint density at radius 1 is 1.10 bits per heavy atom. The molecule has 0 aromatic heterocycles. The van der Waals surface area contributed by atoms with Crippen molar-refractivity contribution in [1.82, 2.24) is 0 Å². The monoisotopic (exact) mass is 304 g/mol. The second-order valence-electron chi connectivity index (χ2n) is 8.24. The van der Waals surface area contributed by atoms with Crippen molar-refractivity contribution in [2.24, 2.45) is 17.3 Å². The molecule has 2 aliphatic carbocycles. The van der Waals surface area contributed by atoms with Gasteiger partial charge in [-0.25, -0.2) is 0 Å². The summed E-state index contributed by atoms with van der Waals surface area (Å²) in [4.78, 5) is 0. The summed E-state index contributed by atoms with van der Waals surface area (Å²) in [6.07, 6.45) is 0.0812. The number of hydrogen-bond acceptors (Lipinski definition) is 2. The van der Waals surface area contributed by atoms with Crippen molar-refractivity contribution in [3.63, 3.8) is 0 Å². The average Bonchev–Trinajstić information content (AvgIpc) is 2.95. The zero-order chi connectivity index (χ0) is 15.6. The van der Waals surface area contributed by atoms with E-state index >= 15 is 0 Å². The molecule has 0 radical (unpaired) electrons. The van der Waals surface area contributed by atoms with Crippen molar-refractivity contribution in [2.45, 2.75) is 57.5 Å². The van der Waals surface area contributed by atoms with Gasteiger partial charge >= 0.3 is 0 Å². The summed E-state index contributed by atoms with van der Waals surface area (Å²) >= 11 is 0. The first kappa shape index (κ1) is 15.3. The van der Waals surface area contributed by atoms with Gasteiger partial charge in [0.1, 0.15) is 0 Å². The lowest BCUT2D eigenvalue weighted by Crippen LogP contribution is -2.57. The lowest BCUT2D eigenvalue weighted by Gasteiger charge is -2.46. The first-order valence-electron chi connectivity index (χ1n) is 8.10. The summed E-state index contributed by atoms with van der Waals surface area (Å²) in [5.41, 5.74) is 0.115. The van der Waals surface area contributed by atoms with Gasteiger partial charge in [-0.15, -0.1) is 0 Å². The molecule has 0 bridgehead atoms. The topological polar surface area (TPSA) is 40.5 Å². The maximum atomic E-state index is 11.1. The van der Waals surface area contributed by atoms with Crippen molar-refractivity contribution in [3.05, 3.63) is 30.3 Å². The molecule has 2 N–H and O–H groups in total. The van der Waals surface area contributed by atoms with E-state index in [1.165, 1.54) is 5.19 Å². The number of fused-ring (bicyclic) bond motifs is 1. The van der Waals surface area contributed by atoms with E-state index in [1.54, 1.807) is 0 Å². The normalized spacial score (nSPS) is 41.5. The SMILES string of the molecule is C[C@@H]1[C@@H](O)[C@]2([Si](C)(C)c3ccccc3)C(C[C@@H]1O)C2(C)C. The van der Waals surface area contributed by atoms with E-state index in [1.807, 2.05) is 6.92 Å². The van der Waals surface area contributed by atoms with Crippen LogP contribution in [0.15, 0.2) is 30.3 Å². The highest BCUT2D eigenvalue weighted by Gasteiger charge is 2.81. The molecule has 0 amide bonds. The van der Waals surface area contributed by atoms with E-state index in [0.717, 1.165) is 6.42 Å². The Bertz CT molecular complexity index is 539. The zero-order valence-electron chi connectivity index (χ0n) is 13.8. The van der Waals surface area contributed by atoms with Crippen LogP contribution in [-0.4, -0.2) is 30.5 Å². The molecule has 5 atom stereocenters. The third-order valence-electron chi connectivity index (χ3n) is 6.98. The molecule has 2 fully saturated rings. The van der Waals surface area contributed by atoms with E-state index in [2.05, 4.69) is 57.3 Å². The van der Waals surface area contributed by atoms with Gasteiger partial charge in [0.2, 0.25) is 0 Å². The van der Waals surface area contributed by atoms with Crippen LogP contribution >= 0.6 is 0 Å². The van der Waals surface area contributed by atoms with Gasteiger partial charge in [-0.3, -0.25) is 0 Å². The summed E-state index contributed by atoms with van der Waals surface area (Å²) in [5.74, 6) is 0.409. The average molecular weight is 305 g/mol. The molecule has 1 aromatic carbocycles. The fourth-order valence-corrected chi connectivity index (χ4v) is 11.3. The maximum absolute atomic E-state index is 11.1. The van der Waals surface area contributed by atoms with Gasteiger partial charge in [-0.2, -0.15) is 0 Å². The number of aliphatic hydroxyl groups excluding tert-OH is 2. The lowest BCUT2D eigenvalue weighted by atomic mass is 9.85. The summed E-state index contributed by atoms with van der Waals surface area (Å²) in [6.45, 7) is 11.4. The second kappa shape index (κ2) is 4.43.